The van der Waals surface area contributed by atoms with Crippen LogP contribution in [-0.2, 0) is 26.2 Å². The third-order valence-electron chi connectivity index (χ3n) is 6.55. The summed E-state index contributed by atoms with van der Waals surface area (Å²) in [5.41, 5.74) is 0.737. The number of sulfonamides is 1. The van der Waals surface area contributed by atoms with E-state index in [9.17, 15) is 22.4 Å². The van der Waals surface area contributed by atoms with Crippen LogP contribution in [0.1, 0.15) is 39.7 Å². The molecule has 3 aromatic rings. The molecular formula is C30H35ClFN3O5S. The van der Waals surface area contributed by atoms with Gasteiger partial charge < -0.3 is 15.0 Å². The fourth-order valence-corrected chi connectivity index (χ4v) is 5.57. The molecule has 1 N–H and O–H groups in total. The third kappa shape index (κ3) is 8.20. The predicted octanol–water partition coefficient (Wildman–Crippen LogP) is 5.41. The molecule has 0 heterocycles. The van der Waals surface area contributed by atoms with E-state index in [0.717, 1.165) is 4.31 Å². The Labute approximate surface area is 246 Å². The van der Waals surface area contributed by atoms with Crippen LogP contribution in [0.2, 0.25) is 5.02 Å². The maximum atomic E-state index is 14.0. The molecule has 11 heteroatoms. The molecule has 0 fully saturated rings. The van der Waals surface area contributed by atoms with Gasteiger partial charge in [-0.1, -0.05) is 42.8 Å². The van der Waals surface area contributed by atoms with Crippen molar-refractivity contribution in [2.45, 2.75) is 57.6 Å². The highest BCUT2D eigenvalue weighted by atomic mass is 35.5. The summed E-state index contributed by atoms with van der Waals surface area (Å²) in [5, 5.41) is 3.23. The first kappa shape index (κ1) is 31.9. The number of carbonyl (C=O) groups is 2. The van der Waals surface area contributed by atoms with E-state index in [1.807, 2.05) is 13.8 Å². The molecule has 8 nitrogen and oxygen atoms in total. The number of anilines is 1. The second kappa shape index (κ2) is 14.3. The quantitative estimate of drug-likeness (QED) is 0.282. The number of hydrogen-bond acceptors (Lipinski definition) is 5. The molecular weight excluding hydrogens is 569 g/mol. The Balaban J connectivity index is 2.07. The summed E-state index contributed by atoms with van der Waals surface area (Å²) in [5.74, 6) is -1.20. The molecule has 41 heavy (non-hydrogen) atoms. The van der Waals surface area contributed by atoms with Gasteiger partial charge in [-0.15, -0.1) is 0 Å². The van der Waals surface area contributed by atoms with Gasteiger partial charge in [0.15, 0.2) is 0 Å². The molecule has 3 aromatic carbocycles. The Kier molecular flexibility index (Phi) is 11.1. The molecule has 0 radical (unpaired) electrons. The lowest BCUT2D eigenvalue weighted by atomic mass is 10.1. The van der Waals surface area contributed by atoms with Crippen LogP contribution in [0.5, 0.6) is 5.75 Å². The van der Waals surface area contributed by atoms with Gasteiger partial charge in [-0.25, -0.2) is 12.8 Å². The van der Waals surface area contributed by atoms with Crippen molar-refractivity contribution in [2.75, 3.05) is 17.5 Å². The van der Waals surface area contributed by atoms with Crippen molar-refractivity contribution >= 4 is 39.1 Å². The Bertz CT molecular complexity index is 1440. The third-order valence-corrected chi connectivity index (χ3v) is 8.57. The first-order chi connectivity index (χ1) is 19.5. The van der Waals surface area contributed by atoms with E-state index in [4.69, 9.17) is 16.3 Å². The van der Waals surface area contributed by atoms with E-state index in [1.165, 1.54) is 53.4 Å². The minimum Gasteiger partial charge on any atom is -0.492 e. The second-order valence-corrected chi connectivity index (χ2v) is 11.8. The largest absolute Gasteiger partial charge is 0.492 e. The average molecular weight is 604 g/mol. The number of benzene rings is 3. The topological polar surface area (TPSA) is 96.0 Å². The number of para-hydroxylation sites is 2. The molecule has 0 saturated carbocycles. The van der Waals surface area contributed by atoms with Gasteiger partial charge >= 0.3 is 0 Å². The number of carbonyl (C=O) groups excluding carboxylic acids is 2. The number of halogens is 2. The molecule has 0 saturated heterocycles. The zero-order valence-electron chi connectivity index (χ0n) is 23.5. The second-order valence-electron chi connectivity index (χ2n) is 9.51. The van der Waals surface area contributed by atoms with Crippen molar-refractivity contribution in [3.63, 3.8) is 0 Å². The lowest BCUT2D eigenvalue weighted by molar-refractivity contribution is -0.139. The highest BCUT2D eigenvalue weighted by Gasteiger charge is 2.34. The minimum atomic E-state index is -4.29. The lowest BCUT2D eigenvalue weighted by Crippen LogP contribution is -2.52. The van der Waals surface area contributed by atoms with E-state index in [1.54, 1.807) is 38.1 Å². The van der Waals surface area contributed by atoms with Crippen molar-refractivity contribution in [3.8, 4) is 5.75 Å². The molecule has 0 aliphatic carbocycles. The Morgan fingerprint density at radius 1 is 0.976 bits per heavy atom. The average Bonchev–Trinajstić information content (AvgIpc) is 2.95. The zero-order chi connectivity index (χ0) is 30.2. The number of ether oxygens (including phenoxy) is 1. The van der Waals surface area contributed by atoms with Gasteiger partial charge in [0.2, 0.25) is 11.8 Å². The summed E-state index contributed by atoms with van der Waals surface area (Å²) in [7, 11) is -4.29. The number of nitrogens with one attached hydrogen (secondary N) is 1. The van der Waals surface area contributed by atoms with Crippen LogP contribution in [0.25, 0.3) is 0 Å². The van der Waals surface area contributed by atoms with Crippen LogP contribution < -0.4 is 14.4 Å². The van der Waals surface area contributed by atoms with Crippen LogP contribution in [0.3, 0.4) is 0 Å². The molecule has 0 bridgehead atoms. The highest BCUT2D eigenvalue weighted by molar-refractivity contribution is 7.92. The normalized spacial score (nSPS) is 12.7. The van der Waals surface area contributed by atoms with Crippen molar-refractivity contribution in [1.29, 1.82) is 0 Å². The highest BCUT2D eigenvalue weighted by Crippen LogP contribution is 2.33. The van der Waals surface area contributed by atoms with Crippen LogP contribution >= 0.6 is 11.6 Å². The van der Waals surface area contributed by atoms with Crippen molar-refractivity contribution in [2.24, 2.45) is 0 Å². The lowest BCUT2D eigenvalue weighted by Gasteiger charge is -2.33. The van der Waals surface area contributed by atoms with Crippen LogP contribution in [-0.4, -0.2) is 50.4 Å². The summed E-state index contributed by atoms with van der Waals surface area (Å²) in [6, 6.07) is 16.6. The summed E-state index contributed by atoms with van der Waals surface area (Å²) < 4.78 is 48.2. The summed E-state index contributed by atoms with van der Waals surface area (Å²) >= 11 is 6.00. The molecule has 2 amide bonds. The van der Waals surface area contributed by atoms with E-state index in [-0.39, 0.29) is 35.5 Å². The first-order valence-electron chi connectivity index (χ1n) is 13.3. The smallest absolute Gasteiger partial charge is 0.264 e. The van der Waals surface area contributed by atoms with Gasteiger partial charge in [-0.05, 0) is 81.3 Å². The first-order valence-corrected chi connectivity index (χ1v) is 15.1. The van der Waals surface area contributed by atoms with Crippen molar-refractivity contribution in [3.05, 3.63) is 89.2 Å². The van der Waals surface area contributed by atoms with E-state index < -0.39 is 40.2 Å². The van der Waals surface area contributed by atoms with Gasteiger partial charge in [-0.2, -0.15) is 0 Å². The fourth-order valence-electron chi connectivity index (χ4n) is 4.02. The standard InChI is InChI=1S/C30H35ClFN3O5S/c1-5-21(3)33-30(37)22(4)34(19-23-11-15-25(32)16-12-23)29(36)20-35(27-9-7-8-10-28(27)40-6-2)41(38,39)26-17-13-24(31)14-18-26/h7-18,21-22H,5-6,19-20H2,1-4H3,(H,33,37)/t21-,22+/m1/s1. The summed E-state index contributed by atoms with van der Waals surface area (Å²) in [6.45, 7) is 6.71. The maximum absolute atomic E-state index is 14.0. The SMILES string of the molecule is CCOc1ccccc1N(CC(=O)N(Cc1ccc(F)cc1)[C@@H](C)C(=O)N[C@H](C)CC)S(=O)(=O)c1ccc(Cl)cc1. The van der Waals surface area contributed by atoms with Gasteiger partial charge in [0.1, 0.15) is 24.2 Å². The Morgan fingerprint density at radius 2 is 1.61 bits per heavy atom. The zero-order valence-corrected chi connectivity index (χ0v) is 25.1. The molecule has 0 aliphatic heterocycles. The number of nitrogens with zero attached hydrogens (tertiary/aromatic N) is 2. The van der Waals surface area contributed by atoms with Gasteiger partial charge in [0.25, 0.3) is 10.0 Å². The molecule has 0 spiro atoms. The fraction of sp³-hybridized carbons (Fsp3) is 0.333. The van der Waals surface area contributed by atoms with Crippen LogP contribution in [0, 0.1) is 5.82 Å². The van der Waals surface area contributed by atoms with E-state index >= 15 is 0 Å². The molecule has 0 unspecified atom stereocenters. The maximum Gasteiger partial charge on any atom is 0.264 e. The Morgan fingerprint density at radius 3 is 2.22 bits per heavy atom. The van der Waals surface area contributed by atoms with E-state index in [2.05, 4.69) is 5.32 Å². The summed E-state index contributed by atoms with van der Waals surface area (Å²) in [4.78, 5) is 28.3. The Hall–Kier alpha value is -3.63. The molecule has 0 aliphatic rings. The summed E-state index contributed by atoms with van der Waals surface area (Å²) in [6.07, 6.45) is 0.686. The van der Waals surface area contributed by atoms with Crippen LogP contribution in [0.4, 0.5) is 10.1 Å². The van der Waals surface area contributed by atoms with Gasteiger partial charge in [0, 0.05) is 17.6 Å². The molecule has 0 aromatic heterocycles. The van der Waals surface area contributed by atoms with Crippen molar-refractivity contribution < 1.29 is 27.1 Å². The van der Waals surface area contributed by atoms with Gasteiger partial charge in [0.05, 0.1) is 17.2 Å². The van der Waals surface area contributed by atoms with Gasteiger partial charge in [-0.3, -0.25) is 13.9 Å². The number of hydrogen-bond donors (Lipinski definition) is 1. The predicted molar refractivity (Wildman–Crippen MR) is 158 cm³/mol. The molecule has 2 atom stereocenters. The van der Waals surface area contributed by atoms with Crippen LogP contribution in [0.15, 0.2) is 77.7 Å². The minimum absolute atomic E-state index is 0.0455. The van der Waals surface area contributed by atoms with E-state index in [0.29, 0.717) is 17.0 Å². The molecule has 3 rings (SSSR count). The van der Waals surface area contributed by atoms with Crippen molar-refractivity contribution in [1.82, 2.24) is 10.2 Å². The molecule has 220 valence electrons. The monoisotopic (exact) mass is 603 g/mol. The number of amides is 2. The number of rotatable bonds is 13.